The molecular weight excluding hydrogens is 230 g/mol. The molecule has 0 unspecified atom stereocenters. The molecule has 0 aliphatic carbocycles. The summed E-state index contributed by atoms with van der Waals surface area (Å²) in [6.45, 7) is 6.28. The molecule has 0 heterocycles. The van der Waals surface area contributed by atoms with E-state index in [1.54, 1.807) is 11.8 Å². The van der Waals surface area contributed by atoms with Crippen LogP contribution in [0.25, 0.3) is 0 Å². The molecule has 3 heteroatoms. The van der Waals surface area contributed by atoms with E-state index in [0.717, 1.165) is 5.75 Å². The SMILES string of the molecule is CC(C)[C@@H](C)NC(=O)CCSc1ccccc1. The Bertz CT molecular complexity index is 337. The number of hydrogen-bond donors (Lipinski definition) is 1. The Kier molecular flexibility index (Phi) is 6.12. The summed E-state index contributed by atoms with van der Waals surface area (Å²) in [6, 6.07) is 10.4. The lowest BCUT2D eigenvalue weighted by atomic mass is 10.1. The van der Waals surface area contributed by atoms with Gasteiger partial charge in [-0.3, -0.25) is 4.79 Å². The van der Waals surface area contributed by atoms with Gasteiger partial charge in [-0.1, -0.05) is 32.0 Å². The third-order valence-corrected chi connectivity index (χ3v) is 3.74. The molecule has 0 saturated carbocycles. The quantitative estimate of drug-likeness (QED) is 0.786. The van der Waals surface area contributed by atoms with Crippen molar-refractivity contribution in [2.45, 2.75) is 38.1 Å². The number of carbonyl (C=O) groups excluding carboxylic acids is 1. The largest absolute Gasteiger partial charge is 0.353 e. The van der Waals surface area contributed by atoms with Crippen molar-refractivity contribution in [3.05, 3.63) is 30.3 Å². The van der Waals surface area contributed by atoms with Gasteiger partial charge in [-0.2, -0.15) is 0 Å². The molecule has 0 aliphatic heterocycles. The third kappa shape index (κ3) is 5.78. The second-order valence-electron chi connectivity index (χ2n) is 4.51. The fourth-order valence-corrected chi connectivity index (χ4v) is 2.14. The molecule has 94 valence electrons. The predicted octanol–water partition coefficient (Wildman–Crippen LogP) is 3.33. The molecule has 1 aromatic carbocycles. The Morgan fingerprint density at radius 2 is 1.88 bits per heavy atom. The van der Waals surface area contributed by atoms with Gasteiger partial charge in [-0.15, -0.1) is 11.8 Å². The van der Waals surface area contributed by atoms with Gasteiger partial charge in [-0.05, 0) is 25.0 Å². The fourth-order valence-electron chi connectivity index (χ4n) is 1.27. The summed E-state index contributed by atoms with van der Waals surface area (Å²) in [5, 5.41) is 3.01. The summed E-state index contributed by atoms with van der Waals surface area (Å²) in [6.07, 6.45) is 0.580. The number of thioether (sulfide) groups is 1. The monoisotopic (exact) mass is 251 g/mol. The first kappa shape index (κ1) is 14.1. The normalized spacial score (nSPS) is 12.5. The Labute approximate surface area is 108 Å². The van der Waals surface area contributed by atoms with Crippen LogP contribution >= 0.6 is 11.8 Å². The Morgan fingerprint density at radius 1 is 1.24 bits per heavy atom. The van der Waals surface area contributed by atoms with Crippen LogP contribution in [-0.4, -0.2) is 17.7 Å². The first-order valence-corrected chi connectivity index (χ1v) is 7.05. The molecule has 0 fully saturated rings. The number of benzene rings is 1. The van der Waals surface area contributed by atoms with Crippen molar-refractivity contribution in [1.29, 1.82) is 0 Å². The first-order valence-electron chi connectivity index (χ1n) is 6.07. The molecule has 1 N–H and O–H groups in total. The van der Waals surface area contributed by atoms with Crippen LogP contribution < -0.4 is 5.32 Å². The van der Waals surface area contributed by atoms with Crippen molar-refractivity contribution in [3.8, 4) is 0 Å². The maximum atomic E-state index is 11.6. The number of amides is 1. The molecule has 1 aromatic rings. The van der Waals surface area contributed by atoms with Gasteiger partial charge in [0.1, 0.15) is 0 Å². The topological polar surface area (TPSA) is 29.1 Å². The highest BCUT2D eigenvalue weighted by Gasteiger charge is 2.10. The highest BCUT2D eigenvalue weighted by atomic mass is 32.2. The molecule has 0 radical (unpaired) electrons. The summed E-state index contributed by atoms with van der Waals surface area (Å²) >= 11 is 1.72. The van der Waals surface area contributed by atoms with Gasteiger partial charge in [0.2, 0.25) is 5.91 Å². The Morgan fingerprint density at radius 3 is 2.47 bits per heavy atom. The van der Waals surface area contributed by atoms with Crippen molar-refractivity contribution in [2.75, 3.05) is 5.75 Å². The number of hydrogen-bond acceptors (Lipinski definition) is 2. The van der Waals surface area contributed by atoms with E-state index in [9.17, 15) is 4.79 Å². The molecule has 2 nitrogen and oxygen atoms in total. The second-order valence-corrected chi connectivity index (χ2v) is 5.68. The number of carbonyl (C=O) groups is 1. The maximum absolute atomic E-state index is 11.6. The van der Waals surface area contributed by atoms with E-state index in [-0.39, 0.29) is 11.9 Å². The van der Waals surface area contributed by atoms with E-state index >= 15 is 0 Å². The van der Waals surface area contributed by atoms with E-state index in [1.165, 1.54) is 4.90 Å². The molecular formula is C14H21NOS. The molecule has 1 rings (SSSR count). The summed E-state index contributed by atoms with van der Waals surface area (Å²) in [5.74, 6) is 1.47. The molecule has 17 heavy (non-hydrogen) atoms. The average molecular weight is 251 g/mol. The number of nitrogens with one attached hydrogen (secondary N) is 1. The van der Waals surface area contributed by atoms with Gasteiger partial charge in [0.05, 0.1) is 0 Å². The van der Waals surface area contributed by atoms with Gasteiger partial charge in [0.15, 0.2) is 0 Å². The van der Waals surface area contributed by atoms with Crippen molar-refractivity contribution in [2.24, 2.45) is 5.92 Å². The highest BCUT2D eigenvalue weighted by molar-refractivity contribution is 7.99. The standard InChI is InChI=1S/C14H21NOS/c1-11(2)12(3)15-14(16)9-10-17-13-7-5-4-6-8-13/h4-8,11-12H,9-10H2,1-3H3,(H,15,16)/t12-/m1/s1. The van der Waals surface area contributed by atoms with Gasteiger partial charge in [0, 0.05) is 23.1 Å². The average Bonchev–Trinajstić information content (AvgIpc) is 2.30. The molecule has 0 spiro atoms. The van der Waals surface area contributed by atoms with E-state index in [0.29, 0.717) is 12.3 Å². The molecule has 0 saturated heterocycles. The van der Waals surface area contributed by atoms with Crippen LogP contribution in [0.1, 0.15) is 27.2 Å². The lowest BCUT2D eigenvalue weighted by Crippen LogP contribution is -2.36. The van der Waals surface area contributed by atoms with Crippen LogP contribution in [0.15, 0.2) is 35.2 Å². The maximum Gasteiger partial charge on any atom is 0.221 e. The van der Waals surface area contributed by atoms with Gasteiger partial charge in [0.25, 0.3) is 0 Å². The zero-order valence-corrected chi connectivity index (χ0v) is 11.6. The number of rotatable bonds is 6. The van der Waals surface area contributed by atoms with E-state index < -0.39 is 0 Å². The zero-order chi connectivity index (χ0) is 12.7. The summed E-state index contributed by atoms with van der Waals surface area (Å²) in [4.78, 5) is 12.8. The van der Waals surface area contributed by atoms with Crippen LogP contribution in [0.4, 0.5) is 0 Å². The van der Waals surface area contributed by atoms with Crippen molar-refractivity contribution < 1.29 is 4.79 Å². The Balaban J connectivity index is 2.21. The molecule has 0 aliphatic rings. The van der Waals surface area contributed by atoms with Gasteiger partial charge in [-0.25, -0.2) is 0 Å². The summed E-state index contributed by atoms with van der Waals surface area (Å²) < 4.78 is 0. The molecule has 0 aromatic heterocycles. The first-order chi connectivity index (χ1) is 8.09. The van der Waals surface area contributed by atoms with E-state index in [1.807, 2.05) is 25.1 Å². The van der Waals surface area contributed by atoms with Crippen LogP contribution in [0.3, 0.4) is 0 Å². The Hall–Kier alpha value is -0.960. The van der Waals surface area contributed by atoms with Gasteiger partial charge < -0.3 is 5.32 Å². The minimum Gasteiger partial charge on any atom is -0.353 e. The third-order valence-electron chi connectivity index (χ3n) is 2.73. The minimum absolute atomic E-state index is 0.148. The summed E-state index contributed by atoms with van der Waals surface area (Å²) in [5.41, 5.74) is 0. The van der Waals surface area contributed by atoms with Crippen LogP contribution in [0.2, 0.25) is 0 Å². The summed E-state index contributed by atoms with van der Waals surface area (Å²) in [7, 11) is 0. The molecule has 1 amide bonds. The molecule has 1 atom stereocenters. The second kappa shape index (κ2) is 7.38. The highest BCUT2D eigenvalue weighted by Crippen LogP contribution is 2.17. The van der Waals surface area contributed by atoms with Crippen LogP contribution in [-0.2, 0) is 4.79 Å². The van der Waals surface area contributed by atoms with Gasteiger partial charge >= 0.3 is 0 Å². The minimum atomic E-state index is 0.148. The van der Waals surface area contributed by atoms with Crippen molar-refractivity contribution >= 4 is 17.7 Å². The smallest absolute Gasteiger partial charge is 0.221 e. The van der Waals surface area contributed by atoms with E-state index in [2.05, 4.69) is 31.3 Å². The zero-order valence-electron chi connectivity index (χ0n) is 10.8. The van der Waals surface area contributed by atoms with Crippen LogP contribution in [0, 0.1) is 5.92 Å². The van der Waals surface area contributed by atoms with Crippen molar-refractivity contribution in [1.82, 2.24) is 5.32 Å². The lowest BCUT2D eigenvalue weighted by molar-refractivity contribution is -0.121. The van der Waals surface area contributed by atoms with Crippen molar-refractivity contribution in [3.63, 3.8) is 0 Å². The van der Waals surface area contributed by atoms with Crippen LogP contribution in [0.5, 0.6) is 0 Å². The predicted molar refractivity (Wildman–Crippen MR) is 74.2 cm³/mol. The fraction of sp³-hybridized carbons (Fsp3) is 0.500. The lowest BCUT2D eigenvalue weighted by Gasteiger charge is -2.17. The van der Waals surface area contributed by atoms with E-state index in [4.69, 9.17) is 0 Å². The molecule has 0 bridgehead atoms.